The molecule has 2 aliphatic heterocycles. The first-order valence-corrected chi connectivity index (χ1v) is 10.6. The summed E-state index contributed by atoms with van der Waals surface area (Å²) in [6.07, 6.45) is 1.62. The largest absolute Gasteiger partial charge is 0.466 e. The maximum atomic E-state index is 12.4. The predicted molar refractivity (Wildman–Crippen MR) is 121 cm³/mol. The van der Waals surface area contributed by atoms with Crippen LogP contribution in [0.1, 0.15) is 43.5 Å². The summed E-state index contributed by atoms with van der Waals surface area (Å²) in [4.78, 5) is 29.0. The number of dihydropyridines is 1. The van der Waals surface area contributed by atoms with Crippen molar-refractivity contribution in [3.05, 3.63) is 88.0 Å². The van der Waals surface area contributed by atoms with Gasteiger partial charge < -0.3 is 20.1 Å². The van der Waals surface area contributed by atoms with Gasteiger partial charge in [0.15, 0.2) is 0 Å². The Kier molecular flexibility index (Phi) is 7.78. The van der Waals surface area contributed by atoms with Gasteiger partial charge in [0.25, 0.3) is 0 Å². The van der Waals surface area contributed by atoms with Crippen molar-refractivity contribution in [2.24, 2.45) is 0 Å². The molecule has 0 radical (unpaired) electrons. The Hall–Kier alpha value is -3.45. The highest BCUT2D eigenvalue weighted by Gasteiger charge is 2.38. The number of rotatable bonds is 4. The second-order valence-corrected chi connectivity index (χ2v) is 7.47. The minimum Gasteiger partial charge on any atom is -0.466 e. The summed E-state index contributed by atoms with van der Waals surface area (Å²) >= 11 is 0. The van der Waals surface area contributed by atoms with Crippen LogP contribution in [-0.4, -0.2) is 30.6 Å². The number of benzene rings is 1. The molecule has 2 aromatic rings. The van der Waals surface area contributed by atoms with Gasteiger partial charge in [0.1, 0.15) is 0 Å². The molecule has 1 unspecified atom stereocenters. The van der Waals surface area contributed by atoms with Crippen LogP contribution in [-0.2, 0) is 32.2 Å². The smallest absolute Gasteiger partial charge is 0.336 e. The number of aromatic nitrogens is 1. The molecule has 7 heteroatoms. The zero-order valence-electron chi connectivity index (χ0n) is 18.9. The molecule has 1 aromatic heterocycles. The molecule has 0 spiro atoms. The van der Waals surface area contributed by atoms with Crippen molar-refractivity contribution in [3.63, 3.8) is 0 Å². The Labute approximate surface area is 188 Å². The van der Waals surface area contributed by atoms with Crippen LogP contribution >= 0.6 is 0 Å². The van der Waals surface area contributed by atoms with Crippen LogP contribution < -0.4 is 10.6 Å². The van der Waals surface area contributed by atoms with Gasteiger partial charge >= 0.3 is 11.9 Å². The Bertz CT molecular complexity index is 1020. The molecule has 0 amide bonds. The molecule has 3 heterocycles. The van der Waals surface area contributed by atoms with Crippen LogP contribution in [0, 0.1) is 0 Å². The third-order valence-electron chi connectivity index (χ3n) is 5.39. The van der Waals surface area contributed by atoms with Crippen LogP contribution in [0.2, 0.25) is 0 Å². The van der Waals surface area contributed by atoms with Crippen LogP contribution in [0.4, 0.5) is 0 Å². The van der Waals surface area contributed by atoms with E-state index in [-0.39, 0.29) is 6.61 Å². The normalized spacial score (nSPS) is 17.1. The molecule has 0 aliphatic carbocycles. The van der Waals surface area contributed by atoms with Crippen LogP contribution in [0.15, 0.2) is 71.2 Å². The van der Waals surface area contributed by atoms with E-state index >= 15 is 0 Å². The molecule has 0 saturated carbocycles. The number of carbonyl (C=O) groups excluding carboxylic acids is 2. The van der Waals surface area contributed by atoms with Gasteiger partial charge in [0, 0.05) is 30.7 Å². The number of nitrogens with one attached hydrogen (secondary N) is 2. The molecule has 2 N–H and O–H groups in total. The van der Waals surface area contributed by atoms with Crippen LogP contribution in [0.5, 0.6) is 0 Å². The van der Waals surface area contributed by atoms with E-state index in [1.54, 1.807) is 39.1 Å². The molecule has 0 saturated heterocycles. The lowest BCUT2D eigenvalue weighted by atomic mass is 9.83. The van der Waals surface area contributed by atoms with Crippen molar-refractivity contribution in [1.82, 2.24) is 15.6 Å². The Morgan fingerprint density at radius 1 is 0.969 bits per heavy atom. The number of nitrogens with zero attached hydrogens (tertiary/aromatic N) is 1. The Morgan fingerprint density at radius 3 is 2.09 bits per heavy atom. The van der Waals surface area contributed by atoms with Crippen molar-refractivity contribution < 1.29 is 19.1 Å². The maximum Gasteiger partial charge on any atom is 0.336 e. The molecule has 2 aliphatic rings. The molecule has 4 rings (SSSR count). The summed E-state index contributed by atoms with van der Waals surface area (Å²) in [7, 11) is 1.31. The van der Waals surface area contributed by atoms with Gasteiger partial charge in [-0.15, -0.1) is 0 Å². The molecule has 7 nitrogen and oxygen atoms in total. The summed E-state index contributed by atoms with van der Waals surface area (Å²) in [5, 5.41) is 6.35. The first kappa shape index (κ1) is 23.2. The molecule has 1 atom stereocenters. The van der Waals surface area contributed by atoms with E-state index in [1.807, 2.05) is 6.07 Å². The summed E-state index contributed by atoms with van der Waals surface area (Å²) in [6.45, 7) is 7.64. The highest BCUT2D eigenvalue weighted by Crippen LogP contribution is 2.38. The van der Waals surface area contributed by atoms with Gasteiger partial charge in [-0.25, -0.2) is 9.59 Å². The SMILES string of the molecule is CCOC(=O)C1=C(C)NC(C)=C(C(=O)OC)C1c1ccccn1.c1ccc2c(c1)CNC2. The molecular weight excluding hydrogens is 406 g/mol. The lowest BCUT2D eigenvalue weighted by Gasteiger charge is -2.29. The van der Waals surface area contributed by atoms with Crippen molar-refractivity contribution in [1.29, 1.82) is 0 Å². The standard InChI is InChI=1S/C17H20N2O4.C8H9N/c1-5-23-17(21)14-11(3)19-10(2)13(16(20)22-4)15(14)12-8-6-7-9-18-12;1-2-4-8-6-9-5-7(8)3-1/h6-9,15,19H,5H2,1-4H3;1-4,9H,5-6H2. The molecule has 0 fully saturated rings. The number of allylic oxidation sites excluding steroid dienone is 2. The van der Waals surface area contributed by atoms with Crippen molar-refractivity contribution in [3.8, 4) is 0 Å². The fourth-order valence-electron chi connectivity index (χ4n) is 3.93. The lowest BCUT2D eigenvalue weighted by molar-refractivity contribution is -0.139. The molecule has 168 valence electrons. The summed E-state index contributed by atoms with van der Waals surface area (Å²) in [6, 6.07) is 13.9. The summed E-state index contributed by atoms with van der Waals surface area (Å²) in [5.41, 5.74) is 5.52. The zero-order valence-corrected chi connectivity index (χ0v) is 18.9. The lowest BCUT2D eigenvalue weighted by Crippen LogP contribution is -2.32. The second kappa shape index (κ2) is 10.7. The van der Waals surface area contributed by atoms with E-state index in [9.17, 15) is 9.59 Å². The fourth-order valence-corrected chi connectivity index (χ4v) is 3.93. The van der Waals surface area contributed by atoms with Gasteiger partial charge in [0.05, 0.1) is 36.5 Å². The second-order valence-electron chi connectivity index (χ2n) is 7.47. The van der Waals surface area contributed by atoms with Crippen LogP contribution in [0.3, 0.4) is 0 Å². The molecule has 32 heavy (non-hydrogen) atoms. The van der Waals surface area contributed by atoms with Crippen molar-refractivity contribution in [2.45, 2.75) is 39.8 Å². The average molecular weight is 436 g/mol. The highest BCUT2D eigenvalue weighted by atomic mass is 16.5. The minimum atomic E-state index is -0.621. The number of hydrogen-bond donors (Lipinski definition) is 2. The minimum absolute atomic E-state index is 0.251. The first-order valence-electron chi connectivity index (χ1n) is 10.6. The van der Waals surface area contributed by atoms with Crippen LogP contribution in [0.25, 0.3) is 0 Å². The number of pyridine rings is 1. The van der Waals surface area contributed by atoms with E-state index in [2.05, 4.69) is 39.9 Å². The fraction of sp³-hybridized carbons (Fsp3) is 0.320. The highest BCUT2D eigenvalue weighted by molar-refractivity contribution is 5.99. The van der Waals surface area contributed by atoms with Gasteiger partial charge in [-0.05, 0) is 44.0 Å². The zero-order chi connectivity index (χ0) is 23.1. The Morgan fingerprint density at radius 2 is 1.56 bits per heavy atom. The van der Waals surface area contributed by atoms with E-state index in [1.165, 1.54) is 18.2 Å². The topological polar surface area (TPSA) is 89.5 Å². The van der Waals surface area contributed by atoms with Gasteiger partial charge in [-0.2, -0.15) is 0 Å². The first-order chi connectivity index (χ1) is 15.5. The average Bonchev–Trinajstić information content (AvgIpc) is 3.28. The summed E-state index contributed by atoms with van der Waals surface area (Å²) in [5.74, 6) is -1.59. The summed E-state index contributed by atoms with van der Waals surface area (Å²) < 4.78 is 10.1. The van der Waals surface area contributed by atoms with Gasteiger partial charge in [0.2, 0.25) is 0 Å². The molecule has 1 aromatic carbocycles. The number of fused-ring (bicyclic) bond motifs is 1. The van der Waals surface area contributed by atoms with Gasteiger partial charge in [-0.3, -0.25) is 4.98 Å². The molecule has 0 bridgehead atoms. The number of methoxy groups -OCH3 is 1. The molecular formula is C25H29N3O4. The number of ether oxygens (including phenoxy) is 2. The number of carbonyl (C=O) groups is 2. The Balaban J connectivity index is 0.000000264. The van der Waals surface area contributed by atoms with Crippen molar-refractivity contribution >= 4 is 11.9 Å². The quantitative estimate of drug-likeness (QED) is 0.712. The van der Waals surface area contributed by atoms with E-state index in [0.29, 0.717) is 28.2 Å². The van der Waals surface area contributed by atoms with E-state index in [4.69, 9.17) is 9.47 Å². The third kappa shape index (κ3) is 5.06. The van der Waals surface area contributed by atoms with E-state index < -0.39 is 17.9 Å². The monoisotopic (exact) mass is 435 g/mol. The number of hydrogen-bond acceptors (Lipinski definition) is 7. The maximum absolute atomic E-state index is 12.4. The van der Waals surface area contributed by atoms with E-state index in [0.717, 1.165) is 13.1 Å². The predicted octanol–water partition coefficient (Wildman–Crippen LogP) is 3.34. The van der Waals surface area contributed by atoms with Crippen molar-refractivity contribution in [2.75, 3.05) is 13.7 Å². The third-order valence-corrected chi connectivity index (χ3v) is 5.39. The van der Waals surface area contributed by atoms with Gasteiger partial charge in [-0.1, -0.05) is 30.3 Å². The number of esters is 2.